The molecule has 1 heterocycles. The number of nitrogens with one attached hydrogen (secondary N) is 1. The molecule has 1 rings (SSSR count). The van der Waals surface area contributed by atoms with Gasteiger partial charge in [0.25, 0.3) is 0 Å². The summed E-state index contributed by atoms with van der Waals surface area (Å²) in [5.41, 5.74) is 0.899. The molecule has 0 aromatic rings. The van der Waals surface area contributed by atoms with Crippen molar-refractivity contribution in [1.82, 2.24) is 5.32 Å². The maximum atomic E-state index is 4.91. The van der Waals surface area contributed by atoms with Gasteiger partial charge in [-0.25, -0.2) is 0 Å². The predicted octanol–water partition coefficient (Wildman–Crippen LogP) is 0.0138. The van der Waals surface area contributed by atoms with Gasteiger partial charge in [0.2, 0.25) is 0 Å². The third-order valence-electron chi connectivity index (χ3n) is 1.27. The number of oxime groups is 1. The van der Waals surface area contributed by atoms with Crippen LogP contribution in [0.5, 0.6) is 0 Å². The van der Waals surface area contributed by atoms with Crippen LogP contribution >= 0.6 is 0 Å². The van der Waals surface area contributed by atoms with Crippen molar-refractivity contribution in [3.63, 3.8) is 0 Å². The summed E-state index contributed by atoms with van der Waals surface area (Å²) in [5.74, 6) is 5.47. The molecule has 0 unspecified atom stereocenters. The van der Waals surface area contributed by atoms with Crippen molar-refractivity contribution in [2.75, 3.05) is 19.7 Å². The topological polar surface area (TPSA) is 46.0 Å². The third kappa shape index (κ3) is 3.06. The predicted molar refractivity (Wildman–Crippen MR) is 48.2 cm³/mol. The summed E-state index contributed by atoms with van der Waals surface area (Å²) in [6, 6.07) is 0. The molecule has 1 N–H and O–H groups in total. The van der Waals surface area contributed by atoms with E-state index in [0.29, 0.717) is 19.7 Å². The normalized spacial score (nSPS) is 17.9. The van der Waals surface area contributed by atoms with Crippen molar-refractivity contribution in [2.45, 2.75) is 6.92 Å². The molecule has 12 heavy (non-hydrogen) atoms. The van der Waals surface area contributed by atoms with Crippen molar-refractivity contribution in [3.05, 3.63) is 0 Å². The summed E-state index contributed by atoms with van der Waals surface area (Å²) in [6.07, 6.45) is 1.67. The Kier molecular flexibility index (Phi) is 3.72. The molecule has 0 aliphatic carbocycles. The van der Waals surface area contributed by atoms with Gasteiger partial charge >= 0.3 is 0 Å². The molecule has 0 atom stereocenters. The van der Waals surface area contributed by atoms with Crippen LogP contribution in [-0.2, 0) is 4.84 Å². The fourth-order valence-electron chi connectivity index (χ4n) is 0.724. The first-order chi connectivity index (χ1) is 5.93. The van der Waals surface area contributed by atoms with E-state index >= 15 is 0 Å². The van der Waals surface area contributed by atoms with Crippen LogP contribution in [0.2, 0.25) is 0 Å². The highest BCUT2D eigenvalue weighted by Crippen LogP contribution is 1.85. The molecule has 1 aliphatic heterocycles. The Balaban J connectivity index is 2.25. The second kappa shape index (κ2) is 5.19. The molecule has 4 nitrogen and oxygen atoms in total. The molecule has 0 spiro atoms. The van der Waals surface area contributed by atoms with Crippen LogP contribution in [0.1, 0.15) is 6.92 Å². The maximum Gasteiger partial charge on any atom is 0.177 e. The molecule has 0 bridgehead atoms. The SMILES string of the molecule is CC#CCO/N=C1/CN=CNC1. The molecular formula is C8H11N3O. The Morgan fingerprint density at radius 1 is 1.83 bits per heavy atom. The first-order valence-electron chi connectivity index (χ1n) is 3.72. The van der Waals surface area contributed by atoms with E-state index in [1.165, 1.54) is 0 Å². The summed E-state index contributed by atoms with van der Waals surface area (Å²) in [6.45, 7) is 3.45. The molecule has 0 fully saturated rings. The minimum Gasteiger partial charge on any atom is -0.383 e. The average molecular weight is 165 g/mol. The monoisotopic (exact) mass is 165 g/mol. The van der Waals surface area contributed by atoms with Crippen molar-refractivity contribution >= 4 is 12.1 Å². The van der Waals surface area contributed by atoms with E-state index in [1.807, 2.05) is 0 Å². The Hall–Kier alpha value is -1.50. The van der Waals surface area contributed by atoms with Crippen molar-refractivity contribution in [3.8, 4) is 11.8 Å². The minimum atomic E-state index is 0.351. The van der Waals surface area contributed by atoms with Crippen LogP contribution in [0, 0.1) is 11.8 Å². The number of aliphatic imine (C=N–C) groups is 1. The zero-order valence-corrected chi connectivity index (χ0v) is 7.00. The Bertz CT molecular complexity index is 247. The lowest BCUT2D eigenvalue weighted by atomic mass is 10.3. The molecule has 0 aromatic heterocycles. The van der Waals surface area contributed by atoms with Gasteiger partial charge < -0.3 is 10.2 Å². The number of rotatable bonds is 2. The van der Waals surface area contributed by atoms with E-state index in [4.69, 9.17) is 4.84 Å². The summed E-state index contributed by atoms with van der Waals surface area (Å²) in [5, 5.41) is 6.80. The maximum absolute atomic E-state index is 4.91. The average Bonchev–Trinajstić information content (AvgIpc) is 2.14. The zero-order valence-electron chi connectivity index (χ0n) is 7.00. The number of hydrogen-bond acceptors (Lipinski definition) is 4. The molecular weight excluding hydrogens is 154 g/mol. The van der Waals surface area contributed by atoms with Crippen LogP contribution < -0.4 is 5.32 Å². The lowest BCUT2D eigenvalue weighted by Gasteiger charge is -2.07. The first kappa shape index (κ1) is 8.60. The van der Waals surface area contributed by atoms with Crippen LogP contribution in [0.4, 0.5) is 0 Å². The Morgan fingerprint density at radius 2 is 2.75 bits per heavy atom. The zero-order chi connectivity index (χ0) is 8.65. The summed E-state index contributed by atoms with van der Waals surface area (Å²) < 4.78 is 0. The highest BCUT2D eigenvalue weighted by atomic mass is 16.6. The second-order valence-electron chi connectivity index (χ2n) is 2.21. The van der Waals surface area contributed by atoms with Crippen molar-refractivity contribution in [1.29, 1.82) is 0 Å². The van der Waals surface area contributed by atoms with E-state index < -0.39 is 0 Å². The molecule has 0 saturated heterocycles. The molecule has 0 radical (unpaired) electrons. The molecule has 0 aromatic carbocycles. The van der Waals surface area contributed by atoms with Gasteiger partial charge in [0.1, 0.15) is 0 Å². The van der Waals surface area contributed by atoms with Crippen LogP contribution in [0.3, 0.4) is 0 Å². The van der Waals surface area contributed by atoms with Gasteiger partial charge in [-0.1, -0.05) is 11.1 Å². The van der Waals surface area contributed by atoms with Gasteiger partial charge in [0.15, 0.2) is 6.61 Å². The molecule has 0 saturated carbocycles. The van der Waals surface area contributed by atoms with E-state index in [1.54, 1.807) is 13.3 Å². The van der Waals surface area contributed by atoms with Crippen LogP contribution in [0.25, 0.3) is 0 Å². The van der Waals surface area contributed by atoms with Gasteiger partial charge in [0.05, 0.1) is 25.1 Å². The largest absolute Gasteiger partial charge is 0.383 e. The summed E-state index contributed by atoms with van der Waals surface area (Å²) in [4.78, 5) is 8.89. The molecule has 0 amide bonds. The van der Waals surface area contributed by atoms with Gasteiger partial charge in [-0.05, 0) is 6.92 Å². The van der Waals surface area contributed by atoms with Gasteiger partial charge in [0, 0.05) is 0 Å². The Labute approximate surface area is 71.7 Å². The number of hydrogen-bond donors (Lipinski definition) is 1. The summed E-state index contributed by atoms with van der Waals surface area (Å²) in [7, 11) is 0. The van der Waals surface area contributed by atoms with Crippen molar-refractivity contribution < 1.29 is 4.84 Å². The van der Waals surface area contributed by atoms with E-state index in [-0.39, 0.29) is 0 Å². The van der Waals surface area contributed by atoms with Crippen molar-refractivity contribution in [2.24, 2.45) is 10.1 Å². The fourth-order valence-corrected chi connectivity index (χ4v) is 0.724. The van der Waals surface area contributed by atoms with Gasteiger partial charge in [-0.3, -0.25) is 4.99 Å². The highest BCUT2D eigenvalue weighted by molar-refractivity contribution is 5.92. The minimum absolute atomic E-state index is 0.351. The lowest BCUT2D eigenvalue weighted by molar-refractivity contribution is 0.178. The van der Waals surface area contributed by atoms with E-state index in [0.717, 1.165) is 5.71 Å². The number of nitrogens with zero attached hydrogens (tertiary/aromatic N) is 2. The van der Waals surface area contributed by atoms with Gasteiger partial charge in [-0.2, -0.15) is 0 Å². The van der Waals surface area contributed by atoms with E-state index in [9.17, 15) is 0 Å². The highest BCUT2D eigenvalue weighted by Gasteiger charge is 2.00. The lowest BCUT2D eigenvalue weighted by Crippen LogP contribution is -2.28. The molecule has 4 heteroatoms. The van der Waals surface area contributed by atoms with Gasteiger partial charge in [-0.15, -0.1) is 5.92 Å². The van der Waals surface area contributed by atoms with Crippen LogP contribution in [0.15, 0.2) is 10.1 Å². The second-order valence-corrected chi connectivity index (χ2v) is 2.21. The Morgan fingerprint density at radius 3 is 3.42 bits per heavy atom. The molecule has 1 aliphatic rings. The van der Waals surface area contributed by atoms with Crippen LogP contribution in [-0.4, -0.2) is 31.7 Å². The molecule has 64 valence electrons. The first-order valence-corrected chi connectivity index (χ1v) is 3.72. The fraction of sp³-hybridized carbons (Fsp3) is 0.500. The van der Waals surface area contributed by atoms with E-state index in [2.05, 4.69) is 27.3 Å². The standard InChI is InChI=1S/C8H11N3O/c1-2-3-4-12-11-8-5-9-7-10-6-8/h7H,4-6H2,1H3,(H,9,10). The summed E-state index contributed by atoms with van der Waals surface area (Å²) >= 11 is 0. The smallest absolute Gasteiger partial charge is 0.177 e. The third-order valence-corrected chi connectivity index (χ3v) is 1.27. The quantitative estimate of drug-likeness (QED) is 0.356.